The lowest BCUT2D eigenvalue weighted by Crippen LogP contribution is -2.00. The first kappa shape index (κ1) is 9.84. The molecule has 3 nitrogen and oxygen atoms in total. The molecule has 0 saturated carbocycles. The quantitative estimate of drug-likeness (QED) is 0.433. The van der Waals surface area contributed by atoms with E-state index in [0.29, 0.717) is 6.29 Å². The van der Waals surface area contributed by atoms with Crippen molar-refractivity contribution in [2.24, 2.45) is 0 Å². The third-order valence-corrected chi connectivity index (χ3v) is 2.54. The van der Waals surface area contributed by atoms with Gasteiger partial charge in [-0.15, -0.1) is 0 Å². The van der Waals surface area contributed by atoms with Gasteiger partial charge in [-0.1, -0.05) is 0 Å². The molecule has 0 aliphatic heterocycles. The smallest absolute Gasteiger partial charge is 0.346 e. The molecule has 0 aromatic carbocycles. The number of carbonyl (C=O) groups is 2. The first-order valence-electron chi connectivity index (χ1n) is 2.22. The van der Waals surface area contributed by atoms with Crippen molar-refractivity contribution in [1.29, 1.82) is 0 Å². The molecule has 0 aromatic rings. The number of esters is 1. The highest BCUT2D eigenvalue weighted by molar-refractivity contribution is 9.14. The van der Waals surface area contributed by atoms with Crippen molar-refractivity contribution in [1.82, 2.24) is 0 Å². The summed E-state index contributed by atoms with van der Waals surface area (Å²) in [5, 5.41) is 0. The van der Waals surface area contributed by atoms with Gasteiger partial charge < -0.3 is 4.74 Å². The van der Waals surface area contributed by atoms with E-state index in [4.69, 9.17) is 0 Å². The summed E-state index contributed by atoms with van der Waals surface area (Å²) in [6.07, 6.45) is 0.501. The molecular formula is C5H4Br2O3. The summed E-state index contributed by atoms with van der Waals surface area (Å²) in [7, 11) is 1.23. The van der Waals surface area contributed by atoms with Gasteiger partial charge in [0.1, 0.15) is 4.48 Å². The van der Waals surface area contributed by atoms with Gasteiger partial charge >= 0.3 is 5.97 Å². The largest absolute Gasteiger partial charge is 0.465 e. The molecule has 5 heteroatoms. The summed E-state index contributed by atoms with van der Waals surface area (Å²) >= 11 is 5.70. The Morgan fingerprint density at radius 3 is 2.30 bits per heavy atom. The van der Waals surface area contributed by atoms with Gasteiger partial charge in [0.2, 0.25) is 0 Å². The number of allylic oxidation sites excluding steroid dienone is 1. The molecule has 0 amide bonds. The normalized spacial score (nSPS) is 11.9. The van der Waals surface area contributed by atoms with Crippen LogP contribution in [0.1, 0.15) is 0 Å². The van der Waals surface area contributed by atoms with Gasteiger partial charge in [0.05, 0.1) is 11.6 Å². The second-order valence-corrected chi connectivity index (χ2v) is 2.92. The van der Waals surface area contributed by atoms with E-state index in [1.807, 2.05) is 0 Å². The van der Waals surface area contributed by atoms with E-state index in [9.17, 15) is 9.59 Å². The molecule has 56 valence electrons. The van der Waals surface area contributed by atoms with Gasteiger partial charge in [0, 0.05) is 0 Å². The SMILES string of the molecule is COC(=O)/C(Br)=C(/Br)C=O. The van der Waals surface area contributed by atoms with Gasteiger partial charge in [-0.05, 0) is 31.9 Å². The Hall–Kier alpha value is -0.160. The lowest BCUT2D eigenvalue weighted by molar-refractivity contribution is -0.135. The molecule has 0 unspecified atom stereocenters. The molecule has 10 heavy (non-hydrogen) atoms. The van der Waals surface area contributed by atoms with Crippen LogP contribution in [0.4, 0.5) is 0 Å². The third kappa shape index (κ3) is 2.62. The summed E-state index contributed by atoms with van der Waals surface area (Å²) < 4.78 is 4.53. The molecule has 0 atom stereocenters. The average Bonchev–Trinajstić information content (AvgIpc) is 2.00. The number of rotatable bonds is 2. The minimum atomic E-state index is -0.584. The highest BCUT2D eigenvalue weighted by Crippen LogP contribution is 2.16. The lowest BCUT2D eigenvalue weighted by atomic mass is 10.5. The van der Waals surface area contributed by atoms with Crippen molar-refractivity contribution in [3.63, 3.8) is 0 Å². The summed E-state index contributed by atoms with van der Waals surface area (Å²) in [5.41, 5.74) is 0. The fourth-order valence-electron chi connectivity index (χ4n) is 0.239. The fraction of sp³-hybridized carbons (Fsp3) is 0.200. The van der Waals surface area contributed by atoms with Gasteiger partial charge in [-0.25, -0.2) is 4.79 Å². The van der Waals surface area contributed by atoms with Crippen LogP contribution in [0.3, 0.4) is 0 Å². The number of hydrogen-bond acceptors (Lipinski definition) is 3. The summed E-state index contributed by atoms with van der Waals surface area (Å²) in [6.45, 7) is 0. The van der Waals surface area contributed by atoms with Crippen molar-refractivity contribution in [2.45, 2.75) is 0 Å². The van der Waals surface area contributed by atoms with E-state index in [1.165, 1.54) is 7.11 Å². The molecule has 0 radical (unpaired) electrons. The van der Waals surface area contributed by atoms with Crippen LogP contribution >= 0.6 is 31.9 Å². The standard InChI is InChI=1S/C5H4Br2O3/c1-10-5(9)4(7)3(6)2-8/h2H,1H3/b4-3-. The Kier molecular flexibility index (Phi) is 4.55. The highest BCUT2D eigenvalue weighted by atomic mass is 79.9. The van der Waals surface area contributed by atoms with E-state index >= 15 is 0 Å². The summed E-state index contributed by atoms with van der Waals surface area (Å²) in [6, 6.07) is 0. The zero-order valence-electron chi connectivity index (χ0n) is 5.06. The van der Waals surface area contributed by atoms with Crippen LogP contribution in [0.15, 0.2) is 8.96 Å². The van der Waals surface area contributed by atoms with Crippen LogP contribution in [0, 0.1) is 0 Å². The first-order chi connectivity index (χ1) is 4.63. The fourth-order valence-corrected chi connectivity index (χ4v) is 0.656. The van der Waals surface area contributed by atoms with Gasteiger partial charge in [-0.3, -0.25) is 4.79 Å². The topological polar surface area (TPSA) is 43.4 Å². The summed E-state index contributed by atoms with van der Waals surface area (Å²) in [5.74, 6) is -0.584. The second kappa shape index (κ2) is 4.62. The Morgan fingerprint density at radius 2 is 2.00 bits per heavy atom. The van der Waals surface area contributed by atoms with E-state index in [0.717, 1.165) is 0 Å². The Labute approximate surface area is 74.7 Å². The van der Waals surface area contributed by atoms with Crippen molar-refractivity contribution in [3.8, 4) is 0 Å². The Bertz CT molecular complexity index is 185. The van der Waals surface area contributed by atoms with Crippen LogP contribution in [0.5, 0.6) is 0 Å². The van der Waals surface area contributed by atoms with E-state index in [-0.39, 0.29) is 8.96 Å². The number of aldehydes is 1. The van der Waals surface area contributed by atoms with E-state index in [2.05, 4.69) is 36.6 Å². The lowest BCUT2D eigenvalue weighted by Gasteiger charge is -1.95. The first-order valence-corrected chi connectivity index (χ1v) is 3.80. The molecule has 0 aliphatic rings. The third-order valence-electron chi connectivity index (χ3n) is 0.678. The Balaban J connectivity index is 4.45. The monoisotopic (exact) mass is 270 g/mol. The Morgan fingerprint density at radius 1 is 1.50 bits per heavy atom. The number of ether oxygens (including phenoxy) is 1. The number of methoxy groups -OCH3 is 1. The van der Waals surface area contributed by atoms with E-state index in [1.54, 1.807) is 0 Å². The molecule has 0 fully saturated rings. The molecule has 0 heterocycles. The van der Waals surface area contributed by atoms with Crippen LogP contribution in [-0.4, -0.2) is 19.4 Å². The van der Waals surface area contributed by atoms with Gasteiger partial charge in [-0.2, -0.15) is 0 Å². The highest BCUT2D eigenvalue weighted by Gasteiger charge is 2.09. The van der Waals surface area contributed by atoms with E-state index < -0.39 is 5.97 Å². The molecule has 0 saturated heterocycles. The average molecular weight is 272 g/mol. The van der Waals surface area contributed by atoms with Crippen molar-refractivity contribution < 1.29 is 14.3 Å². The maximum atomic E-state index is 10.6. The van der Waals surface area contributed by atoms with Crippen molar-refractivity contribution >= 4 is 44.1 Å². The molecule has 0 rings (SSSR count). The van der Waals surface area contributed by atoms with Crippen molar-refractivity contribution in [3.05, 3.63) is 8.96 Å². The molecule has 0 bridgehead atoms. The number of hydrogen-bond donors (Lipinski definition) is 0. The number of carbonyl (C=O) groups excluding carboxylic acids is 2. The molecule has 0 aromatic heterocycles. The van der Waals surface area contributed by atoms with Crippen molar-refractivity contribution in [2.75, 3.05) is 7.11 Å². The minimum Gasteiger partial charge on any atom is -0.465 e. The molecular weight excluding hydrogens is 268 g/mol. The zero-order chi connectivity index (χ0) is 8.15. The predicted molar refractivity (Wildman–Crippen MR) is 43.0 cm³/mol. The van der Waals surface area contributed by atoms with Crippen LogP contribution in [-0.2, 0) is 14.3 Å². The second-order valence-electron chi connectivity index (χ2n) is 1.27. The van der Waals surface area contributed by atoms with Crippen LogP contribution in [0.25, 0.3) is 0 Å². The number of halogens is 2. The molecule has 0 N–H and O–H groups in total. The van der Waals surface area contributed by atoms with Gasteiger partial charge in [0.25, 0.3) is 0 Å². The predicted octanol–water partition coefficient (Wildman–Crippen LogP) is 1.36. The molecule has 0 aliphatic carbocycles. The molecule has 0 spiro atoms. The maximum Gasteiger partial charge on any atom is 0.346 e. The van der Waals surface area contributed by atoms with Gasteiger partial charge in [0.15, 0.2) is 6.29 Å². The van der Waals surface area contributed by atoms with Crippen LogP contribution < -0.4 is 0 Å². The maximum absolute atomic E-state index is 10.6. The van der Waals surface area contributed by atoms with Crippen LogP contribution in [0.2, 0.25) is 0 Å². The summed E-state index contributed by atoms with van der Waals surface area (Å²) in [4.78, 5) is 20.6. The minimum absolute atomic E-state index is 0.0880. The zero-order valence-corrected chi connectivity index (χ0v) is 8.23.